The van der Waals surface area contributed by atoms with Crippen molar-refractivity contribution < 1.29 is 18.0 Å². The highest BCUT2D eigenvalue weighted by Gasteiger charge is 2.23. The fourth-order valence-corrected chi connectivity index (χ4v) is 3.45. The highest BCUT2D eigenvalue weighted by molar-refractivity contribution is 7.89. The van der Waals surface area contributed by atoms with E-state index in [-0.39, 0.29) is 22.9 Å². The Bertz CT molecular complexity index is 927. The first-order valence-corrected chi connectivity index (χ1v) is 9.59. The van der Waals surface area contributed by atoms with E-state index in [0.29, 0.717) is 12.2 Å². The van der Waals surface area contributed by atoms with Crippen LogP contribution in [-0.2, 0) is 14.8 Å². The van der Waals surface area contributed by atoms with Crippen LogP contribution in [0.3, 0.4) is 0 Å². The Hall–Kier alpha value is -2.97. The summed E-state index contributed by atoms with van der Waals surface area (Å²) in [5, 5.41) is 5.22. The Morgan fingerprint density at radius 3 is 2.37 bits per heavy atom. The number of carbonyl (C=O) groups is 2. The molecule has 0 aromatic heterocycles. The monoisotopic (exact) mass is 387 g/mol. The molecule has 2 aromatic rings. The van der Waals surface area contributed by atoms with Gasteiger partial charge in [-0.25, -0.2) is 8.42 Å². The predicted octanol–water partition coefficient (Wildman–Crippen LogP) is 1.86. The van der Waals surface area contributed by atoms with Gasteiger partial charge in [-0.05, 0) is 24.3 Å². The zero-order chi connectivity index (χ0) is 19.9. The number of para-hydroxylation sites is 1. The minimum Gasteiger partial charge on any atom is -0.349 e. The summed E-state index contributed by atoms with van der Waals surface area (Å²) in [5.41, 5.74) is 0.579. The van der Waals surface area contributed by atoms with Gasteiger partial charge in [-0.2, -0.15) is 4.31 Å². The lowest BCUT2D eigenvalue weighted by atomic mass is 10.1. The standard InChI is InChI=1S/C19H21N3O4S/c1-3-13-20-19(24)16-11-7-8-12-17(16)21-18(23)14-22(2)27(25,26)15-9-5-4-6-10-15/h3-12H,1,13-14H2,2H3,(H,20,24)(H,21,23). The molecule has 0 radical (unpaired) electrons. The first-order valence-electron chi connectivity index (χ1n) is 8.15. The molecule has 0 saturated carbocycles. The van der Waals surface area contributed by atoms with Crippen molar-refractivity contribution >= 4 is 27.5 Å². The fraction of sp³-hybridized carbons (Fsp3) is 0.158. The second-order valence-corrected chi connectivity index (χ2v) is 7.71. The van der Waals surface area contributed by atoms with Crippen LogP contribution in [-0.4, -0.2) is 44.7 Å². The summed E-state index contributed by atoms with van der Waals surface area (Å²) < 4.78 is 25.9. The number of hydrogen-bond donors (Lipinski definition) is 2. The molecule has 142 valence electrons. The summed E-state index contributed by atoms with van der Waals surface area (Å²) in [6.07, 6.45) is 1.54. The molecule has 0 aliphatic rings. The van der Waals surface area contributed by atoms with Crippen LogP contribution < -0.4 is 10.6 Å². The van der Waals surface area contributed by atoms with Gasteiger partial charge in [0, 0.05) is 13.6 Å². The number of carbonyl (C=O) groups excluding carboxylic acids is 2. The number of benzene rings is 2. The number of rotatable bonds is 8. The van der Waals surface area contributed by atoms with Crippen LogP contribution in [0.2, 0.25) is 0 Å². The first kappa shape index (κ1) is 20.3. The lowest BCUT2D eigenvalue weighted by Crippen LogP contribution is -2.35. The minimum atomic E-state index is -3.78. The van der Waals surface area contributed by atoms with E-state index in [1.165, 1.54) is 19.2 Å². The third-order valence-corrected chi connectivity index (χ3v) is 5.49. The van der Waals surface area contributed by atoms with E-state index in [4.69, 9.17) is 0 Å². The van der Waals surface area contributed by atoms with Crippen molar-refractivity contribution in [3.8, 4) is 0 Å². The van der Waals surface area contributed by atoms with Gasteiger partial charge in [0.2, 0.25) is 15.9 Å². The maximum Gasteiger partial charge on any atom is 0.253 e. The molecule has 8 heteroatoms. The van der Waals surface area contributed by atoms with Crippen molar-refractivity contribution in [1.82, 2.24) is 9.62 Å². The number of hydrogen-bond acceptors (Lipinski definition) is 4. The van der Waals surface area contributed by atoms with Crippen molar-refractivity contribution in [2.24, 2.45) is 0 Å². The molecule has 2 amide bonds. The molecule has 0 saturated heterocycles. The van der Waals surface area contributed by atoms with Gasteiger partial charge >= 0.3 is 0 Å². The zero-order valence-electron chi connectivity index (χ0n) is 14.9. The predicted molar refractivity (Wildman–Crippen MR) is 104 cm³/mol. The molecule has 27 heavy (non-hydrogen) atoms. The molecule has 0 bridgehead atoms. The van der Waals surface area contributed by atoms with E-state index < -0.39 is 15.9 Å². The van der Waals surface area contributed by atoms with Crippen molar-refractivity contribution in [2.75, 3.05) is 25.5 Å². The molecule has 0 aliphatic carbocycles. The minimum absolute atomic E-state index is 0.101. The number of nitrogens with zero attached hydrogens (tertiary/aromatic N) is 1. The zero-order valence-corrected chi connectivity index (χ0v) is 15.7. The molecular formula is C19H21N3O4S. The Balaban J connectivity index is 2.10. The van der Waals surface area contributed by atoms with Crippen LogP contribution in [0.4, 0.5) is 5.69 Å². The molecule has 7 nitrogen and oxygen atoms in total. The third kappa shape index (κ3) is 5.25. The highest BCUT2D eigenvalue weighted by atomic mass is 32.2. The molecule has 0 atom stereocenters. The number of likely N-dealkylation sites (N-methyl/N-ethyl adjacent to an activating group) is 1. The second-order valence-electron chi connectivity index (χ2n) is 5.67. The smallest absolute Gasteiger partial charge is 0.253 e. The van der Waals surface area contributed by atoms with Gasteiger partial charge in [0.05, 0.1) is 22.7 Å². The SMILES string of the molecule is C=CCNC(=O)c1ccccc1NC(=O)CN(C)S(=O)(=O)c1ccccc1. The van der Waals surface area contributed by atoms with E-state index in [0.717, 1.165) is 4.31 Å². The largest absolute Gasteiger partial charge is 0.349 e. The lowest BCUT2D eigenvalue weighted by molar-refractivity contribution is -0.116. The summed E-state index contributed by atoms with van der Waals surface area (Å²) in [6, 6.07) is 14.3. The molecule has 2 aromatic carbocycles. The second kappa shape index (κ2) is 9.11. The maximum absolute atomic E-state index is 12.5. The number of amides is 2. The van der Waals surface area contributed by atoms with Crippen LogP contribution in [0, 0.1) is 0 Å². The van der Waals surface area contributed by atoms with Gasteiger partial charge in [-0.3, -0.25) is 9.59 Å². The summed E-state index contributed by atoms with van der Waals surface area (Å²) in [7, 11) is -2.46. The summed E-state index contributed by atoms with van der Waals surface area (Å²) >= 11 is 0. The van der Waals surface area contributed by atoms with Gasteiger partial charge in [0.25, 0.3) is 5.91 Å². The first-order chi connectivity index (χ1) is 12.9. The molecule has 2 N–H and O–H groups in total. The van der Waals surface area contributed by atoms with E-state index in [2.05, 4.69) is 17.2 Å². The van der Waals surface area contributed by atoms with Gasteiger partial charge in [0.15, 0.2) is 0 Å². The highest BCUT2D eigenvalue weighted by Crippen LogP contribution is 2.16. The van der Waals surface area contributed by atoms with Gasteiger partial charge < -0.3 is 10.6 Å². The summed E-state index contributed by atoms with van der Waals surface area (Å²) in [5.74, 6) is -0.919. The summed E-state index contributed by atoms with van der Waals surface area (Å²) in [6.45, 7) is 3.43. The molecule has 2 rings (SSSR count). The Morgan fingerprint density at radius 1 is 1.07 bits per heavy atom. The van der Waals surface area contributed by atoms with Crippen LogP contribution in [0.15, 0.2) is 72.1 Å². The Labute approximate surface area is 158 Å². The molecular weight excluding hydrogens is 366 g/mol. The molecule has 0 fully saturated rings. The summed E-state index contributed by atoms with van der Waals surface area (Å²) in [4.78, 5) is 24.6. The van der Waals surface area contributed by atoms with Crippen LogP contribution >= 0.6 is 0 Å². The van der Waals surface area contributed by atoms with Crippen molar-refractivity contribution in [2.45, 2.75) is 4.90 Å². The average Bonchev–Trinajstić information content (AvgIpc) is 2.67. The van der Waals surface area contributed by atoms with E-state index in [9.17, 15) is 18.0 Å². The Kier molecular flexibility index (Phi) is 6.86. The van der Waals surface area contributed by atoms with E-state index in [1.54, 1.807) is 48.5 Å². The average molecular weight is 387 g/mol. The van der Waals surface area contributed by atoms with Crippen LogP contribution in [0.25, 0.3) is 0 Å². The van der Waals surface area contributed by atoms with E-state index in [1.807, 2.05) is 0 Å². The quantitative estimate of drug-likeness (QED) is 0.676. The third-order valence-electron chi connectivity index (χ3n) is 3.67. The van der Waals surface area contributed by atoms with Gasteiger partial charge in [0.1, 0.15) is 0 Å². The van der Waals surface area contributed by atoms with Gasteiger partial charge in [-0.15, -0.1) is 6.58 Å². The lowest BCUT2D eigenvalue weighted by Gasteiger charge is -2.17. The topological polar surface area (TPSA) is 95.6 Å². The molecule has 0 unspecified atom stereocenters. The maximum atomic E-state index is 12.5. The molecule has 0 spiro atoms. The number of anilines is 1. The van der Waals surface area contributed by atoms with E-state index >= 15 is 0 Å². The van der Waals surface area contributed by atoms with Gasteiger partial charge in [-0.1, -0.05) is 36.4 Å². The number of sulfonamides is 1. The molecule has 0 aliphatic heterocycles. The number of nitrogens with one attached hydrogen (secondary N) is 2. The van der Waals surface area contributed by atoms with Crippen molar-refractivity contribution in [3.63, 3.8) is 0 Å². The molecule has 0 heterocycles. The van der Waals surface area contributed by atoms with Crippen LogP contribution in [0.1, 0.15) is 10.4 Å². The Morgan fingerprint density at radius 2 is 1.70 bits per heavy atom. The van der Waals surface area contributed by atoms with Crippen LogP contribution in [0.5, 0.6) is 0 Å². The normalized spacial score (nSPS) is 11.0. The fourth-order valence-electron chi connectivity index (χ4n) is 2.30. The van der Waals surface area contributed by atoms with Crippen molar-refractivity contribution in [1.29, 1.82) is 0 Å². The van der Waals surface area contributed by atoms with Crippen molar-refractivity contribution in [3.05, 3.63) is 72.8 Å².